The highest BCUT2D eigenvalue weighted by atomic mass is 16.5. The zero-order valence-corrected chi connectivity index (χ0v) is 16.8. The van der Waals surface area contributed by atoms with E-state index >= 15 is 0 Å². The second kappa shape index (κ2) is 10.5. The molecule has 0 unspecified atom stereocenters. The van der Waals surface area contributed by atoms with Gasteiger partial charge in [-0.15, -0.1) is 0 Å². The minimum Gasteiger partial charge on any atom is -0.449 e. The molecule has 0 fully saturated rings. The van der Waals surface area contributed by atoms with Crippen molar-refractivity contribution in [1.82, 2.24) is 5.32 Å². The molecular formula is C24H28N2O3. The van der Waals surface area contributed by atoms with E-state index in [0.29, 0.717) is 17.8 Å². The molecule has 0 heterocycles. The van der Waals surface area contributed by atoms with Crippen LogP contribution in [0.3, 0.4) is 0 Å². The summed E-state index contributed by atoms with van der Waals surface area (Å²) in [5, 5.41) is 6.09. The maximum Gasteiger partial charge on any atom is 0.341 e. The number of amides is 1. The fourth-order valence-electron chi connectivity index (χ4n) is 3.35. The Hall–Kier alpha value is -3.08. The molecule has 1 aliphatic carbocycles. The quantitative estimate of drug-likeness (QED) is 0.491. The van der Waals surface area contributed by atoms with Gasteiger partial charge in [0.25, 0.3) is 5.91 Å². The van der Waals surface area contributed by atoms with E-state index in [1.165, 1.54) is 18.4 Å². The number of para-hydroxylation sites is 2. The molecule has 0 radical (unpaired) electrons. The minimum absolute atomic E-state index is 0.275. The van der Waals surface area contributed by atoms with Crippen LogP contribution in [0.4, 0.5) is 11.4 Å². The van der Waals surface area contributed by atoms with E-state index in [-0.39, 0.29) is 5.91 Å². The third-order valence-corrected chi connectivity index (χ3v) is 4.98. The van der Waals surface area contributed by atoms with Crippen molar-refractivity contribution in [2.45, 2.75) is 45.1 Å². The lowest BCUT2D eigenvalue weighted by Gasteiger charge is -2.17. The van der Waals surface area contributed by atoms with Gasteiger partial charge in [0.2, 0.25) is 0 Å². The molecule has 2 N–H and O–H groups in total. The van der Waals surface area contributed by atoms with Gasteiger partial charge in [0, 0.05) is 12.2 Å². The first-order chi connectivity index (χ1) is 14.1. The van der Waals surface area contributed by atoms with Crippen LogP contribution in [0.25, 0.3) is 0 Å². The Morgan fingerprint density at radius 2 is 1.79 bits per heavy atom. The first-order valence-electron chi connectivity index (χ1n) is 10.2. The van der Waals surface area contributed by atoms with Gasteiger partial charge in [-0.1, -0.05) is 42.0 Å². The number of esters is 1. The maximum atomic E-state index is 12.6. The van der Waals surface area contributed by atoms with E-state index in [1.54, 1.807) is 19.1 Å². The summed E-state index contributed by atoms with van der Waals surface area (Å²) in [7, 11) is 0. The van der Waals surface area contributed by atoms with E-state index in [4.69, 9.17) is 4.74 Å². The number of hydrogen-bond donors (Lipinski definition) is 2. The minimum atomic E-state index is -0.854. The van der Waals surface area contributed by atoms with Crippen LogP contribution in [0.15, 0.2) is 66.2 Å². The Morgan fingerprint density at radius 1 is 1.03 bits per heavy atom. The van der Waals surface area contributed by atoms with Crippen molar-refractivity contribution in [3.63, 3.8) is 0 Å². The lowest BCUT2D eigenvalue weighted by molar-refractivity contribution is -0.129. The summed E-state index contributed by atoms with van der Waals surface area (Å²) in [5.41, 5.74) is 3.31. The van der Waals surface area contributed by atoms with E-state index in [1.807, 2.05) is 42.5 Å². The smallest absolute Gasteiger partial charge is 0.341 e. The van der Waals surface area contributed by atoms with Gasteiger partial charge in [-0.25, -0.2) is 4.79 Å². The Kier molecular flexibility index (Phi) is 7.45. The van der Waals surface area contributed by atoms with E-state index < -0.39 is 12.1 Å². The van der Waals surface area contributed by atoms with Crippen molar-refractivity contribution in [3.05, 3.63) is 71.8 Å². The highest BCUT2D eigenvalue weighted by molar-refractivity contribution is 5.98. The third-order valence-electron chi connectivity index (χ3n) is 4.98. The highest BCUT2D eigenvalue weighted by Crippen LogP contribution is 2.22. The van der Waals surface area contributed by atoms with Gasteiger partial charge in [-0.05, 0) is 63.3 Å². The van der Waals surface area contributed by atoms with Crippen LogP contribution in [0, 0.1) is 0 Å². The van der Waals surface area contributed by atoms with Crippen molar-refractivity contribution < 1.29 is 14.3 Å². The van der Waals surface area contributed by atoms with Gasteiger partial charge >= 0.3 is 5.97 Å². The van der Waals surface area contributed by atoms with Gasteiger partial charge in [0.15, 0.2) is 6.10 Å². The molecule has 0 saturated heterocycles. The fraction of sp³-hybridized carbons (Fsp3) is 0.333. The molecule has 0 bridgehead atoms. The molecule has 0 spiro atoms. The van der Waals surface area contributed by atoms with Crippen molar-refractivity contribution >= 4 is 23.3 Å². The summed E-state index contributed by atoms with van der Waals surface area (Å²) in [5.74, 6) is -0.801. The van der Waals surface area contributed by atoms with Crippen LogP contribution in [0.2, 0.25) is 0 Å². The van der Waals surface area contributed by atoms with Gasteiger partial charge in [-0.3, -0.25) is 4.79 Å². The van der Waals surface area contributed by atoms with Crippen LogP contribution in [0.5, 0.6) is 0 Å². The van der Waals surface area contributed by atoms with E-state index in [2.05, 4.69) is 16.7 Å². The molecule has 0 aliphatic heterocycles. The average molecular weight is 392 g/mol. The Morgan fingerprint density at radius 3 is 2.55 bits per heavy atom. The number of allylic oxidation sites excluding steroid dienone is 1. The lowest BCUT2D eigenvalue weighted by Crippen LogP contribution is -2.36. The summed E-state index contributed by atoms with van der Waals surface area (Å²) in [6.45, 7) is 2.17. The first kappa shape index (κ1) is 20.6. The van der Waals surface area contributed by atoms with Crippen molar-refractivity contribution in [2.24, 2.45) is 0 Å². The molecule has 1 aliphatic rings. The molecule has 2 aromatic rings. The molecule has 1 amide bonds. The number of hydrogen-bond acceptors (Lipinski definition) is 4. The lowest BCUT2D eigenvalue weighted by atomic mass is 9.97. The topological polar surface area (TPSA) is 67.4 Å². The highest BCUT2D eigenvalue weighted by Gasteiger charge is 2.20. The number of carbonyl (C=O) groups excluding carboxylic acids is 2. The molecular weight excluding hydrogens is 364 g/mol. The van der Waals surface area contributed by atoms with E-state index in [0.717, 1.165) is 24.9 Å². The fourth-order valence-corrected chi connectivity index (χ4v) is 3.35. The zero-order chi connectivity index (χ0) is 20.5. The van der Waals surface area contributed by atoms with Crippen LogP contribution >= 0.6 is 0 Å². The van der Waals surface area contributed by atoms with Gasteiger partial charge in [-0.2, -0.15) is 0 Å². The number of benzene rings is 2. The first-order valence-corrected chi connectivity index (χ1v) is 10.2. The molecule has 1 atom stereocenters. The average Bonchev–Trinajstić information content (AvgIpc) is 2.75. The summed E-state index contributed by atoms with van der Waals surface area (Å²) < 4.78 is 5.41. The molecule has 0 saturated carbocycles. The van der Waals surface area contributed by atoms with E-state index in [9.17, 15) is 9.59 Å². The predicted molar refractivity (Wildman–Crippen MR) is 115 cm³/mol. The summed E-state index contributed by atoms with van der Waals surface area (Å²) in [6, 6.07) is 16.7. The predicted octanol–water partition coefficient (Wildman–Crippen LogP) is 4.98. The number of nitrogens with one attached hydrogen (secondary N) is 2. The van der Waals surface area contributed by atoms with Crippen molar-refractivity contribution in [3.8, 4) is 0 Å². The Bertz CT molecular complexity index is 861. The van der Waals surface area contributed by atoms with Gasteiger partial charge in [0.05, 0.1) is 11.3 Å². The third kappa shape index (κ3) is 6.21. The number of carbonyl (C=O) groups is 2. The van der Waals surface area contributed by atoms with Crippen molar-refractivity contribution in [1.29, 1.82) is 0 Å². The number of ether oxygens (including phenoxy) is 1. The number of rotatable bonds is 8. The molecule has 0 aromatic heterocycles. The summed E-state index contributed by atoms with van der Waals surface area (Å²) in [6.07, 6.45) is 7.01. The summed E-state index contributed by atoms with van der Waals surface area (Å²) >= 11 is 0. The van der Waals surface area contributed by atoms with Crippen molar-refractivity contribution in [2.75, 3.05) is 11.9 Å². The largest absolute Gasteiger partial charge is 0.449 e. The molecule has 152 valence electrons. The van der Waals surface area contributed by atoms with Gasteiger partial charge < -0.3 is 15.4 Å². The van der Waals surface area contributed by atoms with Crippen LogP contribution in [0.1, 0.15) is 49.4 Å². The van der Waals surface area contributed by atoms with Crippen LogP contribution < -0.4 is 10.6 Å². The van der Waals surface area contributed by atoms with Gasteiger partial charge in [0.1, 0.15) is 0 Å². The number of anilines is 2. The molecule has 3 rings (SSSR count). The molecule has 29 heavy (non-hydrogen) atoms. The molecule has 5 nitrogen and oxygen atoms in total. The Balaban J connectivity index is 1.53. The Labute approximate surface area is 172 Å². The normalized spacial score (nSPS) is 14.4. The second-order valence-electron chi connectivity index (χ2n) is 7.23. The van der Waals surface area contributed by atoms with Crippen LogP contribution in [-0.4, -0.2) is 24.5 Å². The molecule has 5 heteroatoms. The monoisotopic (exact) mass is 392 g/mol. The standard InChI is InChI=1S/C24H28N2O3/c1-18(23(27)25-17-16-19-10-4-2-5-11-19)29-24(28)21-14-8-9-15-22(21)26-20-12-6-3-7-13-20/h3,6-10,12-15,18,26H,2,4-5,11,16-17H2,1H3,(H,25,27)/t18-/m0/s1. The zero-order valence-electron chi connectivity index (χ0n) is 16.8. The second-order valence-corrected chi connectivity index (χ2v) is 7.23. The SMILES string of the molecule is C[C@H](OC(=O)c1ccccc1Nc1ccccc1)C(=O)NCCC1=CCCCC1. The maximum absolute atomic E-state index is 12.6. The summed E-state index contributed by atoms with van der Waals surface area (Å²) in [4.78, 5) is 24.9. The van der Waals surface area contributed by atoms with Crippen LogP contribution in [-0.2, 0) is 9.53 Å². The molecule has 2 aromatic carbocycles.